The van der Waals surface area contributed by atoms with Crippen LogP contribution < -0.4 is 4.74 Å². The topological polar surface area (TPSA) is 46.2 Å². The van der Waals surface area contributed by atoms with Crippen molar-refractivity contribution in [2.24, 2.45) is 0 Å². The summed E-state index contributed by atoms with van der Waals surface area (Å²) < 4.78 is 45.1. The number of rotatable bonds is 2. The number of alkyl halides is 3. The average molecular weight is 267 g/mol. The van der Waals surface area contributed by atoms with Gasteiger partial charge in [-0.3, -0.25) is 0 Å². The van der Waals surface area contributed by atoms with Crippen molar-refractivity contribution in [3.8, 4) is 23.1 Å². The third-order valence-electron chi connectivity index (χ3n) is 2.41. The fraction of sp³-hybridized carbons (Fsp3) is 0.154. The van der Waals surface area contributed by atoms with Crippen LogP contribution in [0.4, 0.5) is 13.2 Å². The molecule has 0 aliphatic carbocycles. The average Bonchev–Trinajstić information content (AvgIpc) is 2.69. The number of hydrogen-bond donors (Lipinski definition) is 0. The molecule has 19 heavy (non-hydrogen) atoms. The lowest BCUT2D eigenvalue weighted by Gasteiger charge is -2.08. The zero-order valence-electron chi connectivity index (χ0n) is 9.78. The molecule has 3 nitrogen and oxygen atoms in total. The van der Waals surface area contributed by atoms with Gasteiger partial charge in [-0.05, 0) is 31.2 Å². The summed E-state index contributed by atoms with van der Waals surface area (Å²) in [6, 6.07) is 8.73. The van der Waals surface area contributed by atoms with Crippen LogP contribution in [0.25, 0.3) is 11.3 Å². The summed E-state index contributed by atoms with van der Waals surface area (Å²) in [5.74, 6) is 0.584. The molecule has 0 atom stereocenters. The molecular formula is C13H8F3NO2. The van der Waals surface area contributed by atoms with Crippen molar-refractivity contribution in [2.75, 3.05) is 0 Å². The highest BCUT2D eigenvalue weighted by atomic mass is 19.4. The van der Waals surface area contributed by atoms with E-state index in [0.717, 1.165) is 0 Å². The van der Waals surface area contributed by atoms with E-state index in [1.165, 1.54) is 30.3 Å². The summed E-state index contributed by atoms with van der Waals surface area (Å²) in [6.45, 7) is 1.64. The van der Waals surface area contributed by atoms with E-state index in [0.29, 0.717) is 22.6 Å². The number of nitrogens with zero attached hydrogens (tertiary/aromatic N) is 1. The maximum atomic E-state index is 12.0. The number of benzene rings is 1. The maximum absolute atomic E-state index is 12.0. The zero-order chi connectivity index (χ0) is 14.0. The molecular weight excluding hydrogens is 259 g/mol. The summed E-state index contributed by atoms with van der Waals surface area (Å²) in [7, 11) is 0. The van der Waals surface area contributed by atoms with Crippen molar-refractivity contribution >= 4 is 0 Å². The highest BCUT2D eigenvalue weighted by Gasteiger charge is 2.31. The first-order chi connectivity index (χ1) is 8.89. The van der Waals surface area contributed by atoms with E-state index in [1.54, 1.807) is 6.92 Å². The number of hydrogen-bond acceptors (Lipinski definition) is 3. The Balaban J connectivity index is 2.25. The molecule has 0 N–H and O–H groups in total. The van der Waals surface area contributed by atoms with Gasteiger partial charge in [-0.25, -0.2) is 0 Å². The van der Waals surface area contributed by atoms with Gasteiger partial charge in [0.15, 0.2) is 0 Å². The number of furan rings is 1. The van der Waals surface area contributed by atoms with Gasteiger partial charge in [0.1, 0.15) is 23.3 Å². The third kappa shape index (κ3) is 3.07. The Kier molecular flexibility index (Phi) is 3.21. The van der Waals surface area contributed by atoms with Gasteiger partial charge in [-0.1, -0.05) is 0 Å². The molecule has 0 fully saturated rings. The zero-order valence-corrected chi connectivity index (χ0v) is 9.78. The lowest BCUT2D eigenvalue weighted by molar-refractivity contribution is -0.274. The Morgan fingerprint density at radius 3 is 2.32 bits per heavy atom. The van der Waals surface area contributed by atoms with E-state index >= 15 is 0 Å². The predicted octanol–water partition coefficient (Wildman–Crippen LogP) is 4.03. The van der Waals surface area contributed by atoms with E-state index in [1.807, 2.05) is 6.07 Å². The molecule has 98 valence electrons. The molecule has 0 saturated carbocycles. The molecule has 6 heteroatoms. The van der Waals surface area contributed by atoms with E-state index in [4.69, 9.17) is 9.68 Å². The third-order valence-corrected chi connectivity index (χ3v) is 2.41. The van der Waals surface area contributed by atoms with Gasteiger partial charge >= 0.3 is 6.36 Å². The molecule has 1 heterocycles. The van der Waals surface area contributed by atoms with Gasteiger partial charge in [-0.15, -0.1) is 13.2 Å². The van der Waals surface area contributed by atoms with Gasteiger partial charge in [0.05, 0.1) is 5.56 Å². The van der Waals surface area contributed by atoms with Gasteiger partial charge in [0.2, 0.25) is 0 Å². The summed E-state index contributed by atoms with van der Waals surface area (Å²) >= 11 is 0. The Hall–Kier alpha value is -2.42. The van der Waals surface area contributed by atoms with Crippen molar-refractivity contribution in [1.82, 2.24) is 0 Å². The van der Waals surface area contributed by atoms with Crippen molar-refractivity contribution < 1.29 is 22.3 Å². The van der Waals surface area contributed by atoms with Crippen LogP contribution in [-0.2, 0) is 0 Å². The minimum atomic E-state index is -4.71. The lowest BCUT2D eigenvalue weighted by atomic mass is 10.1. The molecule has 0 spiro atoms. The van der Waals surface area contributed by atoms with Crippen LogP contribution in [0.1, 0.15) is 11.3 Å². The predicted molar refractivity (Wildman–Crippen MR) is 60.3 cm³/mol. The second kappa shape index (κ2) is 4.69. The first kappa shape index (κ1) is 13.0. The number of nitriles is 1. The standard InChI is InChI=1S/C13H8F3NO2/c1-8-10(7-17)6-12(18-8)9-2-4-11(5-3-9)19-13(14,15)16/h2-6H,1H3. The van der Waals surface area contributed by atoms with Crippen molar-refractivity contribution in [2.45, 2.75) is 13.3 Å². The van der Waals surface area contributed by atoms with Gasteiger partial charge in [-0.2, -0.15) is 5.26 Å². The largest absolute Gasteiger partial charge is 0.573 e. The van der Waals surface area contributed by atoms with Crippen LogP contribution >= 0.6 is 0 Å². The molecule has 0 radical (unpaired) electrons. The Morgan fingerprint density at radius 2 is 1.84 bits per heavy atom. The molecule has 0 saturated heterocycles. The molecule has 2 aromatic rings. The Morgan fingerprint density at radius 1 is 1.21 bits per heavy atom. The molecule has 1 aromatic heterocycles. The van der Waals surface area contributed by atoms with E-state index < -0.39 is 6.36 Å². The van der Waals surface area contributed by atoms with Crippen molar-refractivity contribution in [1.29, 1.82) is 5.26 Å². The molecule has 0 bridgehead atoms. The number of halogens is 3. The molecule has 2 rings (SSSR count). The summed E-state index contributed by atoms with van der Waals surface area (Å²) in [6.07, 6.45) is -4.71. The fourth-order valence-corrected chi connectivity index (χ4v) is 1.56. The van der Waals surface area contributed by atoms with Crippen molar-refractivity contribution in [3.63, 3.8) is 0 Å². The molecule has 0 unspecified atom stereocenters. The van der Waals surface area contributed by atoms with Gasteiger partial charge in [0.25, 0.3) is 0 Å². The Labute approximate surface area is 106 Å². The number of aryl methyl sites for hydroxylation is 1. The monoisotopic (exact) mass is 267 g/mol. The van der Waals surface area contributed by atoms with Crippen LogP contribution in [0.3, 0.4) is 0 Å². The Bertz CT molecular complexity index is 621. The fourth-order valence-electron chi connectivity index (χ4n) is 1.56. The summed E-state index contributed by atoms with van der Waals surface area (Å²) in [4.78, 5) is 0. The molecule has 1 aromatic carbocycles. The van der Waals surface area contributed by atoms with E-state index in [9.17, 15) is 13.2 Å². The summed E-state index contributed by atoms with van der Waals surface area (Å²) in [5.41, 5.74) is 0.963. The van der Waals surface area contributed by atoms with Crippen LogP contribution in [0, 0.1) is 18.3 Å². The SMILES string of the molecule is Cc1oc(-c2ccc(OC(F)(F)F)cc2)cc1C#N. The second-order valence-electron chi connectivity index (χ2n) is 3.76. The minimum absolute atomic E-state index is 0.306. The van der Waals surface area contributed by atoms with Crippen LogP contribution in [0.2, 0.25) is 0 Å². The summed E-state index contributed by atoms with van der Waals surface area (Å²) in [5, 5.41) is 8.80. The van der Waals surface area contributed by atoms with E-state index in [2.05, 4.69) is 4.74 Å². The maximum Gasteiger partial charge on any atom is 0.573 e. The normalized spacial score (nSPS) is 11.1. The smallest absolute Gasteiger partial charge is 0.460 e. The molecule has 0 amide bonds. The highest BCUT2D eigenvalue weighted by Crippen LogP contribution is 2.28. The highest BCUT2D eigenvalue weighted by molar-refractivity contribution is 5.61. The molecule has 0 aliphatic heterocycles. The minimum Gasteiger partial charge on any atom is -0.460 e. The van der Waals surface area contributed by atoms with Crippen molar-refractivity contribution in [3.05, 3.63) is 41.7 Å². The second-order valence-corrected chi connectivity index (χ2v) is 3.76. The van der Waals surface area contributed by atoms with Gasteiger partial charge < -0.3 is 9.15 Å². The van der Waals surface area contributed by atoms with Gasteiger partial charge in [0, 0.05) is 11.6 Å². The van der Waals surface area contributed by atoms with Crippen LogP contribution in [-0.4, -0.2) is 6.36 Å². The van der Waals surface area contributed by atoms with Crippen LogP contribution in [0.15, 0.2) is 34.7 Å². The number of ether oxygens (including phenoxy) is 1. The lowest BCUT2D eigenvalue weighted by Crippen LogP contribution is -2.16. The molecule has 0 aliphatic rings. The van der Waals surface area contributed by atoms with Crippen LogP contribution in [0.5, 0.6) is 5.75 Å². The first-order valence-electron chi connectivity index (χ1n) is 5.26. The van der Waals surface area contributed by atoms with E-state index in [-0.39, 0.29) is 5.75 Å². The first-order valence-corrected chi connectivity index (χ1v) is 5.26. The quantitative estimate of drug-likeness (QED) is 0.825.